The van der Waals surface area contributed by atoms with Gasteiger partial charge in [-0.25, -0.2) is 9.59 Å². The van der Waals surface area contributed by atoms with Crippen molar-refractivity contribution in [1.82, 2.24) is 0 Å². The monoisotopic (exact) mass is 488 g/mol. The predicted octanol–water partition coefficient (Wildman–Crippen LogP) is 5.94. The number of rotatable bonds is 6. The van der Waals surface area contributed by atoms with E-state index in [1.54, 1.807) is 72.8 Å². The number of phenols is 2. The van der Waals surface area contributed by atoms with Crippen LogP contribution in [0.15, 0.2) is 97.1 Å². The molecule has 0 bridgehead atoms. The summed E-state index contributed by atoms with van der Waals surface area (Å²) in [7, 11) is 2.67. The third-order valence-electron chi connectivity index (χ3n) is 4.70. The highest BCUT2D eigenvalue weighted by Crippen LogP contribution is 2.25. The molecule has 36 heavy (non-hydrogen) atoms. The molecule has 0 saturated heterocycles. The zero-order valence-corrected chi connectivity index (χ0v) is 19.6. The smallest absolute Gasteiger partial charge is 0.337 e. The normalized spacial score (nSPS) is 9.83. The van der Waals surface area contributed by atoms with Crippen molar-refractivity contribution in [3.63, 3.8) is 0 Å². The fourth-order valence-corrected chi connectivity index (χ4v) is 2.85. The molecule has 4 rings (SSSR count). The van der Waals surface area contributed by atoms with Gasteiger partial charge in [-0.1, -0.05) is 0 Å². The van der Waals surface area contributed by atoms with E-state index in [-0.39, 0.29) is 23.4 Å². The molecule has 8 heteroatoms. The summed E-state index contributed by atoms with van der Waals surface area (Å²) in [5.74, 6) is 2.03. The van der Waals surface area contributed by atoms with Gasteiger partial charge in [-0.2, -0.15) is 0 Å². The highest BCUT2D eigenvalue weighted by molar-refractivity contribution is 5.89. The Morgan fingerprint density at radius 2 is 0.722 bits per heavy atom. The first kappa shape index (κ1) is 25.6. The lowest BCUT2D eigenvalue weighted by Crippen LogP contribution is -2.00. The Kier molecular flexibility index (Phi) is 8.88. The number of phenolic OH excluding ortho intramolecular Hbond substituents is 2. The Hall–Kier alpha value is -4.98. The molecular formula is C28H24O8. The first-order valence-corrected chi connectivity index (χ1v) is 10.7. The molecule has 0 aliphatic carbocycles. The summed E-state index contributed by atoms with van der Waals surface area (Å²) in [5.41, 5.74) is 0.936. The SMILES string of the molecule is COC(=O)c1ccc(Oc2ccc(O)cc2)cc1.COC(=O)c1ccc(Oc2ccc(O)cc2)cc1. The summed E-state index contributed by atoms with van der Waals surface area (Å²) in [4.78, 5) is 22.5. The number of hydrogen-bond acceptors (Lipinski definition) is 8. The Morgan fingerprint density at radius 1 is 0.472 bits per heavy atom. The quantitative estimate of drug-likeness (QED) is 0.321. The van der Waals surface area contributed by atoms with Crippen molar-refractivity contribution < 1.29 is 38.7 Å². The molecule has 0 radical (unpaired) electrons. The maximum Gasteiger partial charge on any atom is 0.337 e. The van der Waals surface area contributed by atoms with Crippen molar-refractivity contribution in [2.45, 2.75) is 0 Å². The van der Waals surface area contributed by atoms with E-state index < -0.39 is 0 Å². The molecule has 0 saturated carbocycles. The molecule has 0 aromatic heterocycles. The van der Waals surface area contributed by atoms with E-state index in [0.29, 0.717) is 34.1 Å². The maximum atomic E-state index is 11.2. The predicted molar refractivity (Wildman–Crippen MR) is 132 cm³/mol. The average molecular weight is 488 g/mol. The van der Waals surface area contributed by atoms with Gasteiger partial charge in [0.2, 0.25) is 0 Å². The number of methoxy groups -OCH3 is 2. The molecule has 0 unspecified atom stereocenters. The maximum absolute atomic E-state index is 11.2. The molecule has 4 aromatic rings. The minimum absolute atomic E-state index is 0.184. The number of hydrogen-bond donors (Lipinski definition) is 2. The van der Waals surface area contributed by atoms with Gasteiger partial charge in [-0.3, -0.25) is 0 Å². The number of benzene rings is 4. The summed E-state index contributed by atoms with van der Waals surface area (Å²) in [6.07, 6.45) is 0. The summed E-state index contributed by atoms with van der Waals surface area (Å²) in [6.45, 7) is 0. The third-order valence-corrected chi connectivity index (χ3v) is 4.70. The summed E-state index contributed by atoms with van der Waals surface area (Å²) in [6, 6.07) is 26.0. The van der Waals surface area contributed by atoms with E-state index >= 15 is 0 Å². The van der Waals surface area contributed by atoms with Crippen LogP contribution in [-0.2, 0) is 9.47 Å². The van der Waals surface area contributed by atoms with Gasteiger partial charge in [0.25, 0.3) is 0 Å². The molecule has 0 aliphatic heterocycles. The standard InChI is InChI=1S/2C14H12O4/c2*1-17-14(16)10-2-6-12(7-3-10)18-13-8-4-11(15)5-9-13/h2*2-9,15H,1H3. The van der Waals surface area contributed by atoms with Gasteiger partial charge in [-0.15, -0.1) is 0 Å². The third kappa shape index (κ3) is 7.53. The van der Waals surface area contributed by atoms with Gasteiger partial charge < -0.3 is 29.2 Å². The first-order valence-electron chi connectivity index (χ1n) is 10.7. The van der Waals surface area contributed by atoms with Crippen LogP contribution in [0.5, 0.6) is 34.5 Å². The van der Waals surface area contributed by atoms with E-state index in [4.69, 9.17) is 19.7 Å². The molecule has 4 aromatic carbocycles. The van der Waals surface area contributed by atoms with E-state index in [1.165, 1.54) is 38.5 Å². The van der Waals surface area contributed by atoms with Gasteiger partial charge >= 0.3 is 11.9 Å². The fourth-order valence-electron chi connectivity index (χ4n) is 2.85. The second-order valence-electron chi connectivity index (χ2n) is 7.22. The zero-order chi connectivity index (χ0) is 25.9. The van der Waals surface area contributed by atoms with Crippen LogP contribution in [0.2, 0.25) is 0 Å². The Labute approximate surface area is 207 Å². The largest absolute Gasteiger partial charge is 0.508 e. The molecule has 0 spiro atoms. The van der Waals surface area contributed by atoms with E-state index in [2.05, 4.69) is 9.47 Å². The van der Waals surface area contributed by atoms with E-state index in [9.17, 15) is 9.59 Å². The molecule has 184 valence electrons. The molecule has 8 nitrogen and oxygen atoms in total. The fraction of sp³-hybridized carbons (Fsp3) is 0.0714. The van der Waals surface area contributed by atoms with Crippen LogP contribution < -0.4 is 9.47 Å². The lowest BCUT2D eigenvalue weighted by atomic mass is 10.2. The molecule has 0 atom stereocenters. The van der Waals surface area contributed by atoms with Gasteiger partial charge in [-0.05, 0) is 97.1 Å². The van der Waals surface area contributed by atoms with Crippen molar-refractivity contribution in [2.24, 2.45) is 0 Å². The van der Waals surface area contributed by atoms with E-state index in [1.807, 2.05) is 0 Å². The number of carbonyl (C=O) groups excluding carboxylic acids is 2. The highest BCUT2D eigenvalue weighted by Gasteiger charge is 2.06. The first-order chi connectivity index (χ1) is 17.4. The van der Waals surface area contributed by atoms with Gasteiger partial charge in [0.05, 0.1) is 25.3 Å². The number of aromatic hydroxyl groups is 2. The van der Waals surface area contributed by atoms with Crippen LogP contribution in [0.1, 0.15) is 20.7 Å². The Balaban J connectivity index is 0.000000201. The highest BCUT2D eigenvalue weighted by atomic mass is 16.5. The Bertz CT molecular complexity index is 1160. The van der Waals surface area contributed by atoms with Gasteiger partial charge in [0, 0.05) is 0 Å². The van der Waals surface area contributed by atoms with E-state index in [0.717, 1.165) is 0 Å². The molecule has 0 aliphatic rings. The van der Waals surface area contributed by atoms with Crippen LogP contribution in [0.4, 0.5) is 0 Å². The van der Waals surface area contributed by atoms with Crippen LogP contribution in [0, 0.1) is 0 Å². The molecule has 0 amide bonds. The van der Waals surface area contributed by atoms with Crippen molar-refractivity contribution in [3.05, 3.63) is 108 Å². The number of esters is 2. The number of ether oxygens (including phenoxy) is 4. The molecule has 0 heterocycles. The summed E-state index contributed by atoms with van der Waals surface area (Å²) < 4.78 is 20.3. The minimum Gasteiger partial charge on any atom is -0.508 e. The van der Waals surface area contributed by atoms with Crippen molar-refractivity contribution in [2.75, 3.05) is 14.2 Å². The van der Waals surface area contributed by atoms with Gasteiger partial charge in [0.1, 0.15) is 34.5 Å². The summed E-state index contributed by atoms with van der Waals surface area (Å²) in [5, 5.41) is 18.3. The topological polar surface area (TPSA) is 112 Å². The van der Waals surface area contributed by atoms with Crippen LogP contribution in [0.3, 0.4) is 0 Å². The Morgan fingerprint density at radius 3 is 0.972 bits per heavy atom. The van der Waals surface area contributed by atoms with Crippen LogP contribution in [0.25, 0.3) is 0 Å². The average Bonchev–Trinajstić information content (AvgIpc) is 2.91. The van der Waals surface area contributed by atoms with Crippen molar-refractivity contribution >= 4 is 11.9 Å². The summed E-state index contributed by atoms with van der Waals surface area (Å²) >= 11 is 0. The van der Waals surface area contributed by atoms with Crippen LogP contribution in [-0.4, -0.2) is 36.4 Å². The molecular weight excluding hydrogens is 464 g/mol. The lowest BCUT2D eigenvalue weighted by molar-refractivity contribution is 0.0592. The molecule has 2 N–H and O–H groups in total. The van der Waals surface area contributed by atoms with Gasteiger partial charge in [0.15, 0.2) is 0 Å². The number of carbonyl (C=O) groups is 2. The molecule has 0 fully saturated rings. The van der Waals surface area contributed by atoms with Crippen molar-refractivity contribution in [1.29, 1.82) is 0 Å². The lowest BCUT2D eigenvalue weighted by Gasteiger charge is -2.06. The minimum atomic E-state index is -0.383. The second kappa shape index (κ2) is 12.5. The zero-order valence-electron chi connectivity index (χ0n) is 19.6. The van der Waals surface area contributed by atoms with Crippen molar-refractivity contribution in [3.8, 4) is 34.5 Å². The second-order valence-corrected chi connectivity index (χ2v) is 7.22. The van der Waals surface area contributed by atoms with Crippen LogP contribution >= 0.6 is 0 Å².